The zero-order valence-corrected chi connectivity index (χ0v) is 9.61. The van der Waals surface area contributed by atoms with Crippen molar-refractivity contribution in [1.82, 2.24) is 0 Å². The van der Waals surface area contributed by atoms with Gasteiger partial charge in [-0.25, -0.2) is 10.1 Å². The van der Waals surface area contributed by atoms with Crippen LogP contribution in [0.1, 0.15) is 11.1 Å². The van der Waals surface area contributed by atoms with Crippen molar-refractivity contribution in [1.29, 1.82) is 0 Å². The van der Waals surface area contributed by atoms with Gasteiger partial charge in [0.2, 0.25) is 0 Å². The lowest BCUT2D eigenvalue weighted by molar-refractivity contribution is -0.445. The minimum absolute atomic E-state index is 0.481. The number of hydrazine groups is 1. The smallest absolute Gasteiger partial charge is 0.162 e. The maximum Gasteiger partial charge on any atom is 0.162 e. The number of hydrogen-bond donors (Lipinski definition) is 1. The minimum atomic E-state index is -0.560. The number of rotatable bonds is 4. The molecule has 4 nitrogen and oxygen atoms in total. The fourth-order valence-electron chi connectivity index (χ4n) is 1.59. The van der Waals surface area contributed by atoms with Gasteiger partial charge in [-0.1, -0.05) is 60.7 Å². The van der Waals surface area contributed by atoms with Crippen LogP contribution in [0.2, 0.25) is 0 Å². The summed E-state index contributed by atoms with van der Waals surface area (Å²) in [4.78, 5) is 10.5. The fraction of sp³-hybridized carbons (Fsp3) is 0. The second kappa shape index (κ2) is 5.63. The first-order valence-electron chi connectivity index (χ1n) is 5.49. The van der Waals surface area contributed by atoms with Crippen LogP contribution < -0.4 is 5.43 Å². The van der Waals surface area contributed by atoms with E-state index in [9.17, 15) is 10.1 Å². The Morgan fingerprint density at radius 3 is 2.33 bits per heavy atom. The third-order valence-corrected chi connectivity index (χ3v) is 2.43. The monoisotopic (exact) mass is 240 g/mol. The third-order valence-electron chi connectivity index (χ3n) is 2.43. The second-order valence-corrected chi connectivity index (χ2v) is 3.70. The van der Waals surface area contributed by atoms with Crippen LogP contribution in [0.25, 0.3) is 12.2 Å². The molecule has 0 unspecified atom stereocenters. The average molecular weight is 240 g/mol. The molecule has 1 N–H and O–H groups in total. The molecule has 0 saturated carbocycles. The molecule has 0 heterocycles. The summed E-state index contributed by atoms with van der Waals surface area (Å²) < 4.78 is 0. The molecule has 18 heavy (non-hydrogen) atoms. The van der Waals surface area contributed by atoms with Crippen LogP contribution in [-0.4, -0.2) is 5.03 Å². The molecule has 0 amide bonds. The minimum Gasteiger partial charge on any atom is -0.235 e. The molecule has 4 heteroatoms. The highest BCUT2D eigenvalue weighted by Crippen LogP contribution is 2.17. The summed E-state index contributed by atoms with van der Waals surface area (Å²) in [5.74, 6) is 0. The summed E-state index contributed by atoms with van der Waals surface area (Å²) in [6, 6.07) is 16.9. The Kier molecular flexibility index (Phi) is 3.71. The van der Waals surface area contributed by atoms with Crippen LogP contribution in [0.4, 0.5) is 5.69 Å². The van der Waals surface area contributed by atoms with E-state index in [-0.39, 0.29) is 0 Å². The van der Waals surface area contributed by atoms with Gasteiger partial charge in [0.15, 0.2) is 5.03 Å². The van der Waals surface area contributed by atoms with Crippen molar-refractivity contribution in [3.63, 3.8) is 0 Å². The molecule has 0 atom stereocenters. The quantitative estimate of drug-likeness (QED) is 0.506. The van der Waals surface area contributed by atoms with Crippen molar-refractivity contribution in [2.24, 2.45) is 0 Å². The lowest BCUT2D eigenvalue weighted by Crippen LogP contribution is -2.08. The van der Waals surface area contributed by atoms with Gasteiger partial charge in [-0.15, -0.1) is 5.43 Å². The zero-order chi connectivity index (χ0) is 12.8. The van der Waals surface area contributed by atoms with Crippen LogP contribution >= 0.6 is 0 Å². The van der Waals surface area contributed by atoms with Crippen molar-refractivity contribution in [2.75, 3.05) is 5.43 Å². The maximum absolute atomic E-state index is 10.5. The molecule has 0 bridgehead atoms. The zero-order valence-electron chi connectivity index (χ0n) is 9.61. The highest BCUT2D eigenvalue weighted by molar-refractivity contribution is 5.76. The van der Waals surface area contributed by atoms with Crippen molar-refractivity contribution in [3.8, 4) is 0 Å². The van der Waals surface area contributed by atoms with Crippen LogP contribution in [0.3, 0.4) is 0 Å². The lowest BCUT2D eigenvalue weighted by atomic mass is 10.1. The number of para-hydroxylation sites is 1. The van der Waals surface area contributed by atoms with E-state index in [1.54, 1.807) is 12.1 Å². The number of anilines is 1. The van der Waals surface area contributed by atoms with E-state index in [0.717, 1.165) is 11.1 Å². The van der Waals surface area contributed by atoms with Crippen molar-refractivity contribution < 1.29 is 5.03 Å². The Hall–Kier alpha value is -2.62. The number of nitrogens with zero attached hydrogens (tertiary/aromatic N) is 1. The summed E-state index contributed by atoms with van der Waals surface area (Å²) in [6.07, 6.45) is 3.77. The Morgan fingerprint density at radius 1 is 0.944 bits per heavy atom. The molecular formula is C14H12N2O2. The standard InChI is InChI=1S/C14H12N2O2/c17-16(18)15-14-9-5-4-8-13(14)11-10-12-6-2-1-3-7-12/h1-11,15H. The molecule has 2 aromatic carbocycles. The number of benzene rings is 2. The predicted molar refractivity (Wildman–Crippen MR) is 72.4 cm³/mol. The second-order valence-electron chi connectivity index (χ2n) is 3.70. The molecule has 0 aliphatic heterocycles. The van der Waals surface area contributed by atoms with E-state index in [4.69, 9.17) is 0 Å². The Morgan fingerprint density at radius 2 is 1.61 bits per heavy atom. The predicted octanol–water partition coefficient (Wildman–Crippen LogP) is 3.46. The van der Waals surface area contributed by atoms with E-state index >= 15 is 0 Å². The van der Waals surface area contributed by atoms with E-state index in [1.807, 2.05) is 54.6 Å². The topological polar surface area (TPSA) is 55.2 Å². The summed E-state index contributed by atoms with van der Waals surface area (Å²) in [7, 11) is 0. The summed E-state index contributed by atoms with van der Waals surface area (Å²) in [6.45, 7) is 0. The summed E-state index contributed by atoms with van der Waals surface area (Å²) in [5.41, 5.74) is 4.49. The molecule has 0 fully saturated rings. The molecule has 2 rings (SSSR count). The SMILES string of the molecule is O=[N+]([O-])Nc1ccccc1C=Cc1ccccc1. The molecule has 0 aromatic heterocycles. The van der Waals surface area contributed by atoms with E-state index in [2.05, 4.69) is 5.43 Å². The molecule has 0 spiro atoms. The fourth-order valence-corrected chi connectivity index (χ4v) is 1.59. The van der Waals surface area contributed by atoms with Crippen LogP contribution in [0, 0.1) is 10.1 Å². The normalized spacial score (nSPS) is 10.4. The Labute approximate surface area is 105 Å². The van der Waals surface area contributed by atoms with Gasteiger partial charge in [-0.2, -0.15) is 0 Å². The largest absolute Gasteiger partial charge is 0.235 e. The van der Waals surface area contributed by atoms with Gasteiger partial charge in [-0.05, 0) is 11.6 Å². The van der Waals surface area contributed by atoms with Gasteiger partial charge in [0.1, 0.15) is 5.69 Å². The average Bonchev–Trinajstić information content (AvgIpc) is 2.38. The number of hydrogen-bond acceptors (Lipinski definition) is 2. The van der Waals surface area contributed by atoms with Gasteiger partial charge < -0.3 is 0 Å². The highest BCUT2D eigenvalue weighted by Gasteiger charge is 2.02. The van der Waals surface area contributed by atoms with Gasteiger partial charge in [0.25, 0.3) is 0 Å². The number of nitrogens with one attached hydrogen (secondary N) is 1. The van der Waals surface area contributed by atoms with Crippen LogP contribution in [-0.2, 0) is 0 Å². The van der Waals surface area contributed by atoms with Crippen LogP contribution in [0.15, 0.2) is 54.6 Å². The van der Waals surface area contributed by atoms with Crippen molar-refractivity contribution >= 4 is 17.8 Å². The molecule has 0 aliphatic carbocycles. The number of nitro groups is 1. The highest BCUT2D eigenvalue weighted by atomic mass is 16.7. The molecule has 2 aromatic rings. The van der Waals surface area contributed by atoms with Gasteiger partial charge in [0, 0.05) is 5.56 Å². The summed E-state index contributed by atoms with van der Waals surface area (Å²) in [5, 5.41) is 9.91. The van der Waals surface area contributed by atoms with Gasteiger partial charge in [0.05, 0.1) is 0 Å². The Balaban J connectivity index is 2.23. The third kappa shape index (κ3) is 3.18. The van der Waals surface area contributed by atoms with Crippen LogP contribution in [0.5, 0.6) is 0 Å². The van der Waals surface area contributed by atoms with Crippen molar-refractivity contribution in [2.45, 2.75) is 0 Å². The van der Waals surface area contributed by atoms with E-state index in [0.29, 0.717) is 5.69 Å². The Bertz CT molecular complexity index is 565. The molecule has 0 saturated heterocycles. The van der Waals surface area contributed by atoms with Gasteiger partial charge >= 0.3 is 0 Å². The lowest BCUT2D eigenvalue weighted by Gasteiger charge is -2.01. The summed E-state index contributed by atoms with van der Waals surface area (Å²) >= 11 is 0. The molecule has 0 aliphatic rings. The van der Waals surface area contributed by atoms with E-state index in [1.165, 1.54) is 0 Å². The maximum atomic E-state index is 10.5. The molecule has 0 radical (unpaired) electrons. The molecule has 90 valence electrons. The van der Waals surface area contributed by atoms with Crippen molar-refractivity contribution in [3.05, 3.63) is 75.8 Å². The molecular weight excluding hydrogens is 228 g/mol. The first kappa shape index (κ1) is 11.9. The van der Waals surface area contributed by atoms with E-state index < -0.39 is 5.03 Å². The first-order valence-corrected chi connectivity index (χ1v) is 5.49. The first-order chi connectivity index (χ1) is 8.75. The van der Waals surface area contributed by atoms with Gasteiger partial charge in [-0.3, -0.25) is 0 Å².